The van der Waals surface area contributed by atoms with Gasteiger partial charge in [0.05, 0.1) is 11.8 Å². The molecule has 1 amide bonds. The fourth-order valence-electron chi connectivity index (χ4n) is 2.23. The van der Waals surface area contributed by atoms with E-state index in [4.69, 9.17) is 10.2 Å². The Morgan fingerprint density at radius 1 is 1.26 bits per heavy atom. The van der Waals surface area contributed by atoms with E-state index >= 15 is 0 Å². The third-order valence-electron chi connectivity index (χ3n) is 3.62. The third-order valence-corrected chi connectivity index (χ3v) is 3.62. The van der Waals surface area contributed by atoms with Crippen molar-refractivity contribution in [3.63, 3.8) is 0 Å². The van der Waals surface area contributed by atoms with Crippen molar-refractivity contribution in [3.8, 4) is 0 Å². The molecule has 5 heteroatoms. The van der Waals surface area contributed by atoms with Crippen LogP contribution in [-0.4, -0.2) is 35.2 Å². The van der Waals surface area contributed by atoms with Crippen LogP contribution in [0.2, 0.25) is 0 Å². The van der Waals surface area contributed by atoms with Crippen molar-refractivity contribution in [2.45, 2.75) is 33.1 Å². The zero-order valence-electron chi connectivity index (χ0n) is 11.6. The summed E-state index contributed by atoms with van der Waals surface area (Å²) in [6.45, 7) is 4.43. The highest BCUT2D eigenvalue weighted by Gasteiger charge is 2.34. The van der Waals surface area contributed by atoms with Crippen LogP contribution < -0.4 is 5.32 Å². The van der Waals surface area contributed by atoms with Gasteiger partial charge in [0.2, 0.25) is 5.91 Å². The van der Waals surface area contributed by atoms with Crippen LogP contribution in [0.5, 0.6) is 0 Å². The van der Waals surface area contributed by atoms with Crippen LogP contribution >= 0.6 is 0 Å². The van der Waals surface area contributed by atoms with Gasteiger partial charge in [0.15, 0.2) is 0 Å². The maximum atomic E-state index is 12.1. The normalized spacial score (nSPS) is 23.1. The second kappa shape index (κ2) is 6.70. The molecule has 0 aliphatic heterocycles. The Morgan fingerprint density at radius 2 is 1.84 bits per heavy atom. The van der Waals surface area contributed by atoms with Crippen LogP contribution in [0.1, 0.15) is 33.1 Å². The summed E-state index contributed by atoms with van der Waals surface area (Å²) in [5.74, 6) is -2.25. The molecule has 108 valence electrons. The Balaban J connectivity index is 2.57. The topological polar surface area (TPSA) is 86.6 Å². The highest BCUT2D eigenvalue weighted by molar-refractivity contribution is 5.85. The van der Waals surface area contributed by atoms with Crippen LogP contribution in [0.25, 0.3) is 0 Å². The third kappa shape index (κ3) is 4.67. The summed E-state index contributed by atoms with van der Waals surface area (Å²) in [7, 11) is 0. The van der Waals surface area contributed by atoms with Crippen LogP contribution in [0.4, 0.5) is 0 Å². The van der Waals surface area contributed by atoms with Crippen molar-refractivity contribution in [1.82, 2.24) is 5.32 Å². The summed E-state index contributed by atoms with van der Waals surface area (Å²) >= 11 is 0. The number of nitrogens with one attached hydrogen (secondary N) is 1. The lowest BCUT2D eigenvalue weighted by molar-refractivity contribution is -0.147. The first-order chi connectivity index (χ1) is 8.87. The van der Waals surface area contributed by atoms with E-state index in [1.54, 1.807) is 0 Å². The molecule has 0 saturated heterocycles. The number of carboxylic acid groups (broad SMARTS) is 1. The molecule has 0 unspecified atom stereocenters. The summed E-state index contributed by atoms with van der Waals surface area (Å²) in [5, 5.41) is 20.9. The van der Waals surface area contributed by atoms with E-state index < -0.39 is 17.8 Å². The number of carboxylic acids is 1. The maximum Gasteiger partial charge on any atom is 0.307 e. The van der Waals surface area contributed by atoms with Gasteiger partial charge in [0.1, 0.15) is 0 Å². The van der Waals surface area contributed by atoms with E-state index in [1.165, 1.54) is 0 Å². The maximum absolute atomic E-state index is 12.1. The van der Waals surface area contributed by atoms with Crippen molar-refractivity contribution in [3.05, 3.63) is 12.2 Å². The summed E-state index contributed by atoms with van der Waals surface area (Å²) in [5.41, 5.74) is -0.187. The highest BCUT2D eigenvalue weighted by atomic mass is 16.4. The molecular weight excluding hydrogens is 246 g/mol. The van der Waals surface area contributed by atoms with Crippen LogP contribution in [0.15, 0.2) is 12.2 Å². The molecule has 5 nitrogen and oxygen atoms in total. The standard InChI is InChI=1S/C14H23NO4/c1-14(2,7-8-16)9-15-12(17)10-5-3-4-6-11(10)13(18)19/h3-4,10-11,16H,5-9H2,1-2H3,(H,15,17)(H,18,19)/t10-,11+/m1/s1. The smallest absolute Gasteiger partial charge is 0.307 e. The van der Waals surface area contributed by atoms with Crippen molar-refractivity contribution >= 4 is 11.9 Å². The Labute approximate surface area is 113 Å². The average molecular weight is 269 g/mol. The van der Waals surface area contributed by atoms with Gasteiger partial charge in [-0.2, -0.15) is 0 Å². The molecule has 0 aromatic heterocycles. The van der Waals surface area contributed by atoms with Crippen molar-refractivity contribution in [2.75, 3.05) is 13.2 Å². The Morgan fingerprint density at radius 3 is 2.37 bits per heavy atom. The van der Waals surface area contributed by atoms with Crippen LogP contribution in [0.3, 0.4) is 0 Å². The summed E-state index contributed by atoms with van der Waals surface area (Å²) in [4.78, 5) is 23.2. The van der Waals surface area contributed by atoms with Gasteiger partial charge in [-0.15, -0.1) is 0 Å². The molecule has 0 radical (unpaired) electrons. The predicted octanol–water partition coefficient (Wildman–Crippen LogP) is 1.18. The minimum Gasteiger partial charge on any atom is -0.481 e. The van der Waals surface area contributed by atoms with Crippen molar-refractivity contribution < 1.29 is 19.8 Å². The second-order valence-corrected chi connectivity index (χ2v) is 5.85. The van der Waals surface area contributed by atoms with Gasteiger partial charge in [0, 0.05) is 13.2 Å². The van der Waals surface area contributed by atoms with Crippen molar-refractivity contribution in [1.29, 1.82) is 0 Å². The fourth-order valence-corrected chi connectivity index (χ4v) is 2.23. The predicted molar refractivity (Wildman–Crippen MR) is 71.5 cm³/mol. The quantitative estimate of drug-likeness (QED) is 0.632. The molecule has 1 rings (SSSR count). The van der Waals surface area contributed by atoms with E-state index in [1.807, 2.05) is 26.0 Å². The van der Waals surface area contributed by atoms with Gasteiger partial charge in [-0.1, -0.05) is 26.0 Å². The largest absolute Gasteiger partial charge is 0.481 e. The molecule has 0 bridgehead atoms. The Hall–Kier alpha value is -1.36. The lowest BCUT2D eigenvalue weighted by Crippen LogP contribution is -2.42. The van der Waals surface area contributed by atoms with Gasteiger partial charge in [-0.05, 0) is 24.7 Å². The number of allylic oxidation sites excluding steroid dienone is 2. The molecular formula is C14H23NO4. The molecule has 1 aliphatic carbocycles. The molecule has 0 saturated carbocycles. The number of hydrogen-bond acceptors (Lipinski definition) is 3. The number of carbonyl (C=O) groups excluding carboxylic acids is 1. The molecule has 0 spiro atoms. The molecule has 2 atom stereocenters. The fraction of sp³-hybridized carbons (Fsp3) is 0.714. The minimum absolute atomic E-state index is 0.0762. The first-order valence-electron chi connectivity index (χ1n) is 6.64. The van der Waals surface area contributed by atoms with Gasteiger partial charge in [-0.3, -0.25) is 9.59 Å². The number of rotatable bonds is 6. The lowest BCUT2D eigenvalue weighted by Gasteiger charge is -2.28. The monoisotopic (exact) mass is 269 g/mol. The molecule has 0 heterocycles. The SMILES string of the molecule is CC(C)(CCO)CNC(=O)[C@@H]1CC=CC[C@@H]1C(=O)O. The molecule has 0 fully saturated rings. The van der Waals surface area contributed by atoms with Gasteiger partial charge >= 0.3 is 5.97 Å². The van der Waals surface area contributed by atoms with Crippen LogP contribution in [-0.2, 0) is 9.59 Å². The molecule has 19 heavy (non-hydrogen) atoms. The van der Waals surface area contributed by atoms with E-state index in [0.717, 1.165) is 0 Å². The van der Waals surface area contributed by atoms with E-state index in [9.17, 15) is 9.59 Å². The zero-order chi connectivity index (χ0) is 14.5. The number of aliphatic carboxylic acids is 1. The second-order valence-electron chi connectivity index (χ2n) is 5.85. The first-order valence-corrected chi connectivity index (χ1v) is 6.64. The number of aliphatic hydroxyl groups is 1. The molecule has 0 aromatic rings. The number of hydrogen-bond donors (Lipinski definition) is 3. The molecule has 3 N–H and O–H groups in total. The summed E-state index contributed by atoms with van der Waals surface area (Å²) in [6, 6.07) is 0. The number of amides is 1. The molecule has 1 aliphatic rings. The lowest BCUT2D eigenvalue weighted by atomic mass is 9.82. The Kier molecular flexibility index (Phi) is 5.54. The van der Waals surface area contributed by atoms with E-state index in [0.29, 0.717) is 25.8 Å². The molecule has 0 aromatic carbocycles. The van der Waals surface area contributed by atoms with Gasteiger partial charge < -0.3 is 15.5 Å². The van der Waals surface area contributed by atoms with E-state index in [-0.39, 0.29) is 17.9 Å². The van der Waals surface area contributed by atoms with Gasteiger partial charge in [-0.25, -0.2) is 0 Å². The van der Waals surface area contributed by atoms with E-state index in [2.05, 4.69) is 5.32 Å². The zero-order valence-corrected chi connectivity index (χ0v) is 11.6. The summed E-state index contributed by atoms with van der Waals surface area (Å²) in [6.07, 6.45) is 5.16. The van der Waals surface area contributed by atoms with Crippen LogP contribution in [0, 0.1) is 17.3 Å². The number of aliphatic hydroxyl groups excluding tert-OH is 1. The Bertz CT molecular complexity index is 362. The minimum atomic E-state index is -0.917. The average Bonchev–Trinajstić information content (AvgIpc) is 2.36. The summed E-state index contributed by atoms with van der Waals surface area (Å²) < 4.78 is 0. The number of carbonyl (C=O) groups is 2. The first kappa shape index (κ1) is 15.7. The van der Waals surface area contributed by atoms with Crippen molar-refractivity contribution in [2.24, 2.45) is 17.3 Å². The van der Waals surface area contributed by atoms with Gasteiger partial charge in [0.25, 0.3) is 0 Å². The highest BCUT2D eigenvalue weighted by Crippen LogP contribution is 2.26.